The first-order valence-corrected chi connectivity index (χ1v) is 3.16. The predicted molar refractivity (Wildman–Crippen MR) is 29.8 cm³/mol. The molecule has 0 atom stereocenters. The predicted octanol–water partition coefficient (Wildman–Crippen LogP) is 2.45. The molecule has 0 bridgehead atoms. The Bertz CT molecular complexity index is 191. The molecule has 1 nitrogen and oxygen atoms in total. The zero-order valence-electron chi connectivity index (χ0n) is 4.61. The Labute approximate surface area is 59.0 Å². The van der Waals surface area contributed by atoms with Gasteiger partial charge in [-0.25, -0.2) is 0 Å². The molecule has 0 spiro atoms. The molecule has 1 radical (unpaired) electrons. The van der Waals surface area contributed by atoms with Gasteiger partial charge in [0, 0.05) is 10.8 Å². The first-order valence-electron chi connectivity index (χ1n) is 2.28. The summed E-state index contributed by atoms with van der Waals surface area (Å²) in [6.07, 6.45) is -4.59. The maximum atomic E-state index is 11.4. The van der Waals surface area contributed by atoms with Crippen molar-refractivity contribution in [3.8, 4) is 5.75 Å². The molecule has 0 fully saturated rings. The second kappa shape index (κ2) is 2.49. The van der Waals surface area contributed by atoms with Crippen molar-refractivity contribution in [2.45, 2.75) is 6.36 Å². The van der Waals surface area contributed by atoms with Gasteiger partial charge < -0.3 is 4.74 Å². The Kier molecular flexibility index (Phi) is 1.85. The molecule has 1 aromatic rings. The summed E-state index contributed by atoms with van der Waals surface area (Å²) in [5.41, 5.74) is 0. The van der Waals surface area contributed by atoms with Gasteiger partial charge in [0.05, 0.1) is 0 Å². The van der Waals surface area contributed by atoms with Crippen molar-refractivity contribution in [1.29, 1.82) is 0 Å². The standard InChI is InChI=1S/C5H2F3OS/c6-5(7,8)9-4-1-2-10-3-4/h1,3H. The fourth-order valence-corrected chi connectivity index (χ4v) is 0.890. The van der Waals surface area contributed by atoms with Crippen molar-refractivity contribution in [1.82, 2.24) is 0 Å². The SMILES string of the molecule is FC(F)(F)Oc1c[c]sc1. The monoisotopic (exact) mass is 167 g/mol. The molecule has 1 rings (SSSR count). The zero-order valence-corrected chi connectivity index (χ0v) is 5.42. The molecule has 5 heteroatoms. The molecule has 1 heterocycles. The average Bonchev–Trinajstić information content (AvgIpc) is 2.12. The Balaban J connectivity index is 2.57. The van der Waals surface area contributed by atoms with Crippen molar-refractivity contribution < 1.29 is 17.9 Å². The highest BCUT2D eigenvalue weighted by Gasteiger charge is 2.31. The Morgan fingerprint density at radius 3 is 2.60 bits per heavy atom. The molecule has 0 saturated carbocycles. The van der Waals surface area contributed by atoms with Gasteiger partial charge in [0.15, 0.2) is 0 Å². The minimum Gasteiger partial charge on any atom is -0.405 e. The van der Waals surface area contributed by atoms with Crippen molar-refractivity contribution in [2.75, 3.05) is 0 Å². The van der Waals surface area contributed by atoms with Crippen LogP contribution in [0.2, 0.25) is 0 Å². The van der Waals surface area contributed by atoms with E-state index in [1.165, 1.54) is 5.38 Å². The normalized spacial score (nSPS) is 11.5. The van der Waals surface area contributed by atoms with Crippen molar-refractivity contribution in [3.63, 3.8) is 0 Å². The highest BCUT2D eigenvalue weighted by atomic mass is 32.1. The highest BCUT2D eigenvalue weighted by molar-refractivity contribution is 7.07. The topological polar surface area (TPSA) is 9.23 Å². The van der Waals surface area contributed by atoms with Crippen LogP contribution in [0, 0.1) is 5.38 Å². The molecule has 1 aromatic heterocycles. The lowest BCUT2D eigenvalue weighted by molar-refractivity contribution is -0.274. The lowest BCUT2D eigenvalue weighted by atomic mass is 10.6. The van der Waals surface area contributed by atoms with Crippen LogP contribution in [0.15, 0.2) is 11.4 Å². The molecule has 0 aromatic carbocycles. The van der Waals surface area contributed by atoms with Gasteiger partial charge >= 0.3 is 6.36 Å². The van der Waals surface area contributed by atoms with E-state index in [2.05, 4.69) is 10.1 Å². The summed E-state index contributed by atoms with van der Waals surface area (Å²) in [5.74, 6) is -0.211. The minimum absolute atomic E-state index is 0.211. The molecule has 0 N–H and O–H groups in total. The molecular formula is C5H2F3OS. The second-order valence-corrected chi connectivity index (χ2v) is 2.16. The third-order valence-electron chi connectivity index (χ3n) is 0.678. The number of halogens is 3. The largest absolute Gasteiger partial charge is 0.573 e. The molecular weight excluding hydrogens is 165 g/mol. The van der Waals surface area contributed by atoms with E-state index < -0.39 is 6.36 Å². The van der Waals surface area contributed by atoms with Crippen LogP contribution in [0.5, 0.6) is 5.75 Å². The van der Waals surface area contributed by atoms with Gasteiger partial charge in [0.25, 0.3) is 0 Å². The number of ether oxygens (including phenoxy) is 1. The lowest BCUT2D eigenvalue weighted by Crippen LogP contribution is -2.16. The molecule has 0 aliphatic carbocycles. The molecule has 0 aliphatic rings. The summed E-state index contributed by atoms with van der Waals surface area (Å²) in [4.78, 5) is 0. The van der Waals surface area contributed by atoms with Crippen molar-refractivity contribution in [2.24, 2.45) is 0 Å². The average molecular weight is 167 g/mol. The zero-order chi connectivity index (χ0) is 7.61. The summed E-state index contributed by atoms with van der Waals surface area (Å²) in [6, 6.07) is 1.14. The molecule has 0 saturated heterocycles. The lowest BCUT2D eigenvalue weighted by Gasteiger charge is -2.04. The first kappa shape index (κ1) is 7.40. The van der Waals surface area contributed by atoms with Crippen LogP contribution in [0.25, 0.3) is 0 Å². The third-order valence-corrected chi connectivity index (χ3v) is 1.28. The molecule has 0 unspecified atom stereocenters. The second-order valence-electron chi connectivity index (χ2n) is 1.45. The molecule has 55 valence electrons. The van der Waals surface area contributed by atoms with Crippen LogP contribution in [-0.2, 0) is 0 Å². The van der Waals surface area contributed by atoms with E-state index in [0.29, 0.717) is 0 Å². The number of rotatable bonds is 1. The van der Waals surface area contributed by atoms with Crippen LogP contribution in [0.4, 0.5) is 13.2 Å². The molecule has 0 aliphatic heterocycles. The van der Waals surface area contributed by atoms with E-state index in [0.717, 1.165) is 17.4 Å². The van der Waals surface area contributed by atoms with E-state index in [1.807, 2.05) is 0 Å². The van der Waals surface area contributed by atoms with Crippen LogP contribution < -0.4 is 4.74 Å². The van der Waals surface area contributed by atoms with Crippen molar-refractivity contribution >= 4 is 11.3 Å². The van der Waals surface area contributed by atoms with Crippen LogP contribution in [0.1, 0.15) is 0 Å². The maximum absolute atomic E-state index is 11.4. The van der Waals surface area contributed by atoms with Gasteiger partial charge in [-0.1, -0.05) is 0 Å². The summed E-state index contributed by atoms with van der Waals surface area (Å²) < 4.78 is 37.7. The van der Waals surface area contributed by atoms with Gasteiger partial charge in [-0.3, -0.25) is 0 Å². The smallest absolute Gasteiger partial charge is 0.405 e. The van der Waals surface area contributed by atoms with Gasteiger partial charge in [0.2, 0.25) is 0 Å². The first-order chi connectivity index (χ1) is 4.58. The van der Waals surface area contributed by atoms with Gasteiger partial charge in [-0.15, -0.1) is 24.5 Å². The van der Waals surface area contributed by atoms with Gasteiger partial charge in [-0.05, 0) is 6.07 Å². The van der Waals surface area contributed by atoms with Gasteiger partial charge in [0.1, 0.15) is 5.75 Å². The maximum Gasteiger partial charge on any atom is 0.573 e. The number of alkyl halides is 3. The summed E-state index contributed by atoms with van der Waals surface area (Å²) in [5, 5.41) is 3.70. The highest BCUT2D eigenvalue weighted by Crippen LogP contribution is 2.23. The summed E-state index contributed by atoms with van der Waals surface area (Å²) in [6.45, 7) is 0. The van der Waals surface area contributed by atoms with Crippen molar-refractivity contribution in [3.05, 3.63) is 16.8 Å². The Hall–Kier alpha value is -0.710. The van der Waals surface area contributed by atoms with E-state index in [9.17, 15) is 13.2 Å². The van der Waals surface area contributed by atoms with Crippen LogP contribution in [0.3, 0.4) is 0 Å². The fraction of sp³-hybridized carbons (Fsp3) is 0.200. The fourth-order valence-electron chi connectivity index (χ4n) is 0.405. The van der Waals surface area contributed by atoms with E-state index in [1.54, 1.807) is 0 Å². The molecule has 10 heavy (non-hydrogen) atoms. The third kappa shape index (κ3) is 2.26. The van der Waals surface area contributed by atoms with E-state index >= 15 is 0 Å². The van der Waals surface area contributed by atoms with Crippen LogP contribution in [-0.4, -0.2) is 6.36 Å². The summed E-state index contributed by atoms with van der Waals surface area (Å²) >= 11 is 1.03. The van der Waals surface area contributed by atoms with Gasteiger partial charge in [-0.2, -0.15) is 0 Å². The quantitative estimate of drug-likeness (QED) is 0.624. The number of hydrogen-bond acceptors (Lipinski definition) is 2. The Morgan fingerprint density at radius 2 is 2.20 bits per heavy atom. The molecule has 0 amide bonds. The van der Waals surface area contributed by atoms with Crippen LogP contribution >= 0.6 is 11.3 Å². The van der Waals surface area contributed by atoms with E-state index in [4.69, 9.17) is 0 Å². The minimum atomic E-state index is -4.59. The summed E-state index contributed by atoms with van der Waals surface area (Å²) in [7, 11) is 0. The Morgan fingerprint density at radius 1 is 1.50 bits per heavy atom. The van der Waals surface area contributed by atoms with E-state index in [-0.39, 0.29) is 5.75 Å². The number of thiophene rings is 1. The number of hydrogen-bond donors (Lipinski definition) is 0.